The molecule has 1 aliphatic rings. The van der Waals surface area contributed by atoms with Gasteiger partial charge in [-0.3, -0.25) is 25.2 Å². The predicted octanol–water partition coefficient (Wildman–Crippen LogP) is 0.109. The summed E-state index contributed by atoms with van der Waals surface area (Å²) >= 11 is 0. The average molecular weight is 360 g/mol. The summed E-state index contributed by atoms with van der Waals surface area (Å²) in [6, 6.07) is 8.85. The van der Waals surface area contributed by atoms with Crippen LogP contribution in [0.4, 0.5) is 5.69 Å². The maximum Gasteiger partial charge on any atom is 0.242 e. The molecular formula is C18H22N3O5-. The first-order valence-corrected chi connectivity index (χ1v) is 8.62. The van der Waals surface area contributed by atoms with Gasteiger partial charge in [-0.05, 0) is 25.0 Å². The van der Waals surface area contributed by atoms with Crippen LogP contribution in [-0.2, 0) is 19.2 Å². The van der Waals surface area contributed by atoms with Crippen molar-refractivity contribution in [1.29, 1.82) is 0 Å². The Morgan fingerprint density at radius 3 is 2.15 bits per heavy atom. The van der Waals surface area contributed by atoms with Crippen LogP contribution in [0, 0.1) is 11.8 Å². The number of carbonyl (C=O) groups excluding carboxylic acids is 4. The molecule has 0 bridgehead atoms. The Morgan fingerprint density at radius 2 is 1.50 bits per heavy atom. The third kappa shape index (κ3) is 5.87. The zero-order valence-corrected chi connectivity index (χ0v) is 14.3. The maximum atomic E-state index is 12.1. The number of aliphatic carboxylic acids is 1. The number of hydrazine groups is 1. The molecule has 2 atom stereocenters. The van der Waals surface area contributed by atoms with Gasteiger partial charge in [-0.15, -0.1) is 0 Å². The lowest BCUT2D eigenvalue weighted by Gasteiger charge is -2.31. The zero-order chi connectivity index (χ0) is 18.9. The third-order valence-corrected chi connectivity index (χ3v) is 4.37. The van der Waals surface area contributed by atoms with E-state index in [1.807, 2.05) is 6.07 Å². The largest absolute Gasteiger partial charge is 0.550 e. The topological polar surface area (TPSA) is 127 Å². The standard InChI is InChI=1S/C18H23N3O5/c22-15(19-12-6-2-1-3-7-12)10-11-16(23)20-21-17(24)13-8-4-5-9-14(13)18(25)26/h1-3,6-7,13-14H,4-5,8-11H2,(H,19,22)(H,20,23)(H,21,24)(H,25,26)/p-1/t13-,14-/m0/s1. The second-order valence-corrected chi connectivity index (χ2v) is 6.27. The van der Waals surface area contributed by atoms with E-state index in [9.17, 15) is 24.3 Å². The highest BCUT2D eigenvalue weighted by Crippen LogP contribution is 2.29. The van der Waals surface area contributed by atoms with Gasteiger partial charge in [0.1, 0.15) is 0 Å². The highest BCUT2D eigenvalue weighted by Gasteiger charge is 2.31. The van der Waals surface area contributed by atoms with Crippen LogP contribution in [0.25, 0.3) is 0 Å². The summed E-state index contributed by atoms with van der Waals surface area (Å²) in [6.45, 7) is 0. The first-order chi connectivity index (χ1) is 12.5. The number of carbonyl (C=O) groups is 4. The van der Waals surface area contributed by atoms with Gasteiger partial charge in [0, 0.05) is 36.3 Å². The third-order valence-electron chi connectivity index (χ3n) is 4.37. The lowest BCUT2D eigenvalue weighted by molar-refractivity contribution is -0.314. The Morgan fingerprint density at radius 1 is 0.885 bits per heavy atom. The normalized spacial score (nSPS) is 19.2. The van der Waals surface area contributed by atoms with Crippen LogP contribution in [-0.4, -0.2) is 23.7 Å². The zero-order valence-electron chi connectivity index (χ0n) is 14.3. The number of rotatable bonds is 6. The molecule has 1 aromatic rings. The van der Waals surface area contributed by atoms with Crippen LogP contribution in [0.15, 0.2) is 30.3 Å². The Labute approximate surface area is 151 Å². The molecule has 8 nitrogen and oxygen atoms in total. The predicted molar refractivity (Wildman–Crippen MR) is 91.0 cm³/mol. The number of nitrogens with one attached hydrogen (secondary N) is 3. The molecule has 0 spiro atoms. The van der Waals surface area contributed by atoms with Crippen molar-refractivity contribution in [2.75, 3.05) is 5.32 Å². The molecule has 1 aliphatic carbocycles. The highest BCUT2D eigenvalue weighted by molar-refractivity contribution is 5.93. The summed E-state index contributed by atoms with van der Waals surface area (Å²) in [5.41, 5.74) is 5.11. The molecule has 0 aromatic heterocycles. The Hall–Kier alpha value is -2.90. The maximum absolute atomic E-state index is 12.1. The number of hydrogen-bond acceptors (Lipinski definition) is 5. The molecule has 140 valence electrons. The quantitative estimate of drug-likeness (QED) is 0.621. The van der Waals surface area contributed by atoms with Crippen molar-refractivity contribution in [1.82, 2.24) is 10.9 Å². The van der Waals surface area contributed by atoms with Crippen LogP contribution >= 0.6 is 0 Å². The first kappa shape index (κ1) is 19.4. The molecule has 0 aliphatic heterocycles. The van der Waals surface area contributed by atoms with Crippen molar-refractivity contribution in [3.8, 4) is 0 Å². The molecule has 1 saturated carbocycles. The van der Waals surface area contributed by atoms with E-state index in [2.05, 4.69) is 16.2 Å². The van der Waals surface area contributed by atoms with Gasteiger partial charge >= 0.3 is 0 Å². The van der Waals surface area contributed by atoms with E-state index in [0.29, 0.717) is 18.5 Å². The molecule has 3 amide bonds. The lowest BCUT2D eigenvalue weighted by Crippen LogP contribution is -2.49. The first-order valence-electron chi connectivity index (χ1n) is 8.62. The molecule has 0 radical (unpaired) electrons. The van der Waals surface area contributed by atoms with Gasteiger partial charge in [-0.1, -0.05) is 31.0 Å². The van der Waals surface area contributed by atoms with E-state index < -0.39 is 29.6 Å². The van der Waals surface area contributed by atoms with Crippen molar-refractivity contribution < 1.29 is 24.3 Å². The molecule has 1 aromatic carbocycles. The van der Waals surface area contributed by atoms with Crippen LogP contribution in [0.1, 0.15) is 38.5 Å². The number of carboxylic acids is 1. The summed E-state index contributed by atoms with van der Waals surface area (Å²) in [5.74, 6) is -4.17. The van der Waals surface area contributed by atoms with Crippen molar-refractivity contribution in [2.45, 2.75) is 38.5 Å². The number of carboxylic acid groups (broad SMARTS) is 1. The van der Waals surface area contributed by atoms with Crippen LogP contribution in [0.5, 0.6) is 0 Å². The molecule has 2 rings (SSSR count). The van der Waals surface area contributed by atoms with E-state index >= 15 is 0 Å². The van der Waals surface area contributed by atoms with E-state index in [4.69, 9.17) is 0 Å². The molecule has 0 heterocycles. The Balaban J connectivity index is 1.71. The van der Waals surface area contributed by atoms with Gasteiger partial charge in [0.2, 0.25) is 17.7 Å². The van der Waals surface area contributed by atoms with Gasteiger partial charge < -0.3 is 15.2 Å². The van der Waals surface area contributed by atoms with Gasteiger partial charge in [-0.25, -0.2) is 0 Å². The molecule has 3 N–H and O–H groups in total. The summed E-state index contributed by atoms with van der Waals surface area (Å²) < 4.78 is 0. The van der Waals surface area contributed by atoms with E-state index in [1.165, 1.54) is 0 Å². The second-order valence-electron chi connectivity index (χ2n) is 6.27. The van der Waals surface area contributed by atoms with Gasteiger partial charge in [0.05, 0.1) is 0 Å². The number of hydrogen-bond donors (Lipinski definition) is 3. The molecule has 26 heavy (non-hydrogen) atoms. The van der Waals surface area contributed by atoms with Gasteiger partial charge in [-0.2, -0.15) is 0 Å². The summed E-state index contributed by atoms with van der Waals surface area (Å²) in [7, 11) is 0. The van der Waals surface area contributed by atoms with Crippen LogP contribution in [0.3, 0.4) is 0 Å². The molecule has 8 heteroatoms. The van der Waals surface area contributed by atoms with Gasteiger partial charge in [0.15, 0.2) is 0 Å². The molecular weight excluding hydrogens is 338 g/mol. The average Bonchev–Trinajstić information content (AvgIpc) is 2.65. The van der Waals surface area contributed by atoms with E-state index in [0.717, 1.165) is 12.8 Å². The molecule has 0 saturated heterocycles. The fourth-order valence-electron chi connectivity index (χ4n) is 2.99. The SMILES string of the molecule is O=C(CCC(=O)Nc1ccccc1)NNC(=O)[C@H]1CCCC[C@@H]1C(=O)[O-]. The van der Waals surface area contributed by atoms with E-state index in [-0.39, 0.29) is 18.7 Å². The number of amides is 3. The number of anilines is 1. The molecule has 1 fully saturated rings. The van der Waals surface area contributed by atoms with E-state index in [1.54, 1.807) is 24.3 Å². The monoisotopic (exact) mass is 360 g/mol. The smallest absolute Gasteiger partial charge is 0.242 e. The minimum atomic E-state index is -1.24. The fourth-order valence-corrected chi connectivity index (χ4v) is 2.99. The van der Waals surface area contributed by atoms with Crippen LogP contribution in [0.2, 0.25) is 0 Å². The van der Waals surface area contributed by atoms with Crippen molar-refractivity contribution in [2.24, 2.45) is 11.8 Å². The number of para-hydroxylation sites is 1. The highest BCUT2D eigenvalue weighted by atomic mass is 16.4. The van der Waals surface area contributed by atoms with Crippen LogP contribution < -0.4 is 21.3 Å². The summed E-state index contributed by atoms with van der Waals surface area (Å²) in [5, 5.41) is 13.8. The Kier molecular flexibility index (Phi) is 7.13. The summed E-state index contributed by atoms with van der Waals surface area (Å²) in [6.07, 6.45) is 2.20. The van der Waals surface area contributed by atoms with Crippen molar-refractivity contribution >= 4 is 29.4 Å². The Bertz CT molecular complexity index is 662. The minimum Gasteiger partial charge on any atom is -0.550 e. The minimum absolute atomic E-state index is 0.0400. The van der Waals surface area contributed by atoms with Crippen molar-refractivity contribution in [3.05, 3.63) is 30.3 Å². The lowest BCUT2D eigenvalue weighted by atomic mass is 9.79. The van der Waals surface area contributed by atoms with Gasteiger partial charge in [0.25, 0.3) is 0 Å². The summed E-state index contributed by atoms with van der Waals surface area (Å²) in [4.78, 5) is 46.8. The fraction of sp³-hybridized carbons (Fsp3) is 0.444. The van der Waals surface area contributed by atoms with Crippen molar-refractivity contribution in [3.63, 3.8) is 0 Å². The second kappa shape index (κ2) is 9.55. The number of benzene rings is 1. The molecule has 0 unspecified atom stereocenters.